The summed E-state index contributed by atoms with van der Waals surface area (Å²) >= 11 is 8.26. The summed E-state index contributed by atoms with van der Waals surface area (Å²) < 4.78 is 2.12. The Morgan fingerprint density at radius 2 is 2.00 bits per heavy atom. The molecule has 0 amide bonds. The van der Waals surface area contributed by atoms with E-state index in [0.29, 0.717) is 11.3 Å². The second kappa shape index (κ2) is 6.19. The summed E-state index contributed by atoms with van der Waals surface area (Å²) in [5.41, 5.74) is 1.08. The molecule has 20 heavy (non-hydrogen) atoms. The Bertz CT molecular complexity index is 570. The van der Waals surface area contributed by atoms with Crippen molar-refractivity contribution in [1.29, 1.82) is 0 Å². The van der Waals surface area contributed by atoms with Crippen molar-refractivity contribution in [1.82, 2.24) is 14.8 Å². The molecule has 1 fully saturated rings. The van der Waals surface area contributed by atoms with Crippen LogP contribution in [0, 0.1) is 0 Å². The maximum atomic E-state index is 6.30. The van der Waals surface area contributed by atoms with E-state index in [9.17, 15) is 0 Å². The smallest absolute Gasteiger partial charge is 0.225 e. The summed E-state index contributed by atoms with van der Waals surface area (Å²) in [6, 6.07) is 10.6. The third-order valence-electron chi connectivity index (χ3n) is 3.98. The minimum atomic E-state index is 0.416. The van der Waals surface area contributed by atoms with Gasteiger partial charge < -0.3 is 0 Å². The topological polar surface area (TPSA) is 30.7 Å². The number of aromatic nitrogens is 3. The molecular formula is C15H18ClN3S. The molecule has 1 heterocycles. The second-order valence-electron chi connectivity index (χ2n) is 5.21. The molecular weight excluding hydrogens is 290 g/mol. The summed E-state index contributed by atoms with van der Waals surface area (Å²) in [7, 11) is 0. The molecule has 0 N–H and O–H groups in total. The van der Waals surface area contributed by atoms with E-state index in [2.05, 4.69) is 33.2 Å². The van der Waals surface area contributed by atoms with E-state index in [1.807, 2.05) is 30.0 Å². The van der Waals surface area contributed by atoms with E-state index in [1.54, 1.807) is 0 Å². The third-order valence-corrected chi connectivity index (χ3v) is 5.34. The minimum absolute atomic E-state index is 0.416. The number of thioether (sulfide) groups is 1. The lowest BCUT2D eigenvalue weighted by molar-refractivity contribution is 0.363. The lowest BCUT2D eigenvalue weighted by Gasteiger charge is -2.29. The number of rotatable bonds is 3. The molecule has 1 aliphatic rings. The molecule has 3 nitrogen and oxygen atoms in total. The molecule has 0 radical (unpaired) electrons. The quantitative estimate of drug-likeness (QED) is 0.839. The molecule has 1 saturated carbocycles. The number of benzene rings is 1. The molecule has 0 saturated heterocycles. The molecule has 106 valence electrons. The standard InChI is InChI=1S/C15H18ClN3S/c1-20-13-9-5-8-12(10-13)19-14(17-18-15(19)16)11-6-3-2-4-7-11/h2-4,6-7,12-13H,5,8-10H2,1H3. The third kappa shape index (κ3) is 2.72. The van der Waals surface area contributed by atoms with Gasteiger partial charge in [-0.3, -0.25) is 4.57 Å². The molecule has 3 rings (SSSR count). The molecule has 0 spiro atoms. The zero-order valence-electron chi connectivity index (χ0n) is 11.5. The van der Waals surface area contributed by atoms with Gasteiger partial charge in [-0.05, 0) is 37.1 Å². The van der Waals surface area contributed by atoms with Crippen molar-refractivity contribution in [3.05, 3.63) is 35.6 Å². The average Bonchev–Trinajstić information content (AvgIpc) is 2.90. The highest BCUT2D eigenvalue weighted by Gasteiger charge is 2.27. The van der Waals surface area contributed by atoms with Crippen molar-refractivity contribution < 1.29 is 0 Å². The molecule has 2 aromatic rings. The molecule has 1 aliphatic carbocycles. The molecule has 0 aliphatic heterocycles. The number of halogens is 1. The zero-order valence-corrected chi connectivity index (χ0v) is 13.1. The lowest BCUT2D eigenvalue weighted by atomic mass is 9.94. The number of hydrogen-bond donors (Lipinski definition) is 0. The fourth-order valence-electron chi connectivity index (χ4n) is 2.95. The van der Waals surface area contributed by atoms with Gasteiger partial charge in [-0.15, -0.1) is 10.2 Å². The summed E-state index contributed by atoms with van der Waals surface area (Å²) in [5, 5.41) is 9.61. The van der Waals surface area contributed by atoms with Crippen molar-refractivity contribution in [2.24, 2.45) is 0 Å². The van der Waals surface area contributed by atoms with Gasteiger partial charge in [0.25, 0.3) is 0 Å². The highest BCUT2D eigenvalue weighted by atomic mass is 35.5. The van der Waals surface area contributed by atoms with Gasteiger partial charge in [0.05, 0.1) is 0 Å². The van der Waals surface area contributed by atoms with E-state index < -0.39 is 0 Å². The Labute approximate surface area is 128 Å². The number of nitrogens with zero attached hydrogens (tertiary/aromatic N) is 3. The monoisotopic (exact) mass is 307 g/mol. The predicted molar refractivity (Wildman–Crippen MR) is 85.3 cm³/mol. The minimum Gasteiger partial charge on any atom is -0.295 e. The van der Waals surface area contributed by atoms with Crippen LogP contribution in [-0.4, -0.2) is 26.3 Å². The second-order valence-corrected chi connectivity index (χ2v) is 6.68. The van der Waals surface area contributed by atoms with Gasteiger partial charge in [0.1, 0.15) is 0 Å². The first-order chi connectivity index (χ1) is 9.79. The maximum Gasteiger partial charge on any atom is 0.225 e. The maximum absolute atomic E-state index is 6.30. The van der Waals surface area contributed by atoms with Crippen LogP contribution in [0.3, 0.4) is 0 Å². The largest absolute Gasteiger partial charge is 0.295 e. The van der Waals surface area contributed by atoms with Crippen molar-refractivity contribution >= 4 is 23.4 Å². The Hall–Kier alpha value is -1.00. The zero-order chi connectivity index (χ0) is 13.9. The first-order valence-corrected chi connectivity index (χ1v) is 8.65. The fourth-order valence-corrected chi connectivity index (χ4v) is 4.02. The molecule has 2 atom stereocenters. The van der Waals surface area contributed by atoms with Crippen LogP contribution in [-0.2, 0) is 0 Å². The Kier molecular flexibility index (Phi) is 4.32. The van der Waals surface area contributed by atoms with Crippen LogP contribution in [0.15, 0.2) is 30.3 Å². The SMILES string of the molecule is CSC1CCCC(n2c(Cl)nnc2-c2ccccc2)C1. The molecule has 1 aromatic carbocycles. The predicted octanol–water partition coefficient (Wildman–Crippen LogP) is 4.45. The van der Waals surface area contributed by atoms with E-state index in [1.165, 1.54) is 12.8 Å². The van der Waals surface area contributed by atoms with Gasteiger partial charge in [-0.2, -0.15) is 11.8 Å². The van der Waals surface area contributed by atoms with Crippen molar-refractivity contribution in [2.75, 3.05) is 6.26 Å². The van der Waals surface area contributed by atoms with Crippen molar-refractivity contribution in [3.8, 4) is 11.4 Å². The van der Waals surface area contributed by atoms with Crippen LogP contribution in [0.4, 0.5) is 0 Å². The van der Waals surface area contributed by atoms with Crippen LogP contribution >= 0.6 is 23.4 Å². The van der Waals surface area contributed by atoms with Gasteiger partial charge in [-0.1, -0.05) is 36.8 Å². The number of hydrogen-bond acceptors (Lipinski definition) is 3. The van der Waals surface area contributed by atoms with E-state index in [-0.39, 0.29) is 0 Å². The Balaban J connectivity index is 1.95. The summed E-state index contributed by atoms with van der Waals surface area (Å²) in [6.07, 6.45) is 7.06. The first kappa shape index (κ1) is 14.0. The molecule has 2 unspecified atom stereocenters. The van der Waals surface area contributed by atoms with Gasteiger partial charge in [0.15, 0.2) is 5.82 Å². The summed E-state index contributed by atoms with van der Waals surface area (Å²) in [5.74, 6) is 0.891. The first-order valence-electron chi connectivity index (χ1n) is 6.98. The van der Waals surface area contributed by atoms with Crippen LogP contribution < -0.4 is 0 Å². The lowest BCUT2D eigenvalue weighted by Crippen LogP contribution is -2.21. The van der Waals surface area contributed by atoms with Crippen molar-refractivity contribution in [2.45, 2.75) is 37.0 Å². The fraction of sp³-hybridized carbons (Fsp3) is 0.467. The summed E-state index contributed by atoms with van der Waals surface area (Å²) in [4.78, 5) is 0. The highest BCUT2D eigenvalue weighted by molar-refractivity contribution is 7.99. The van der Waals surface area contributed by atoms with E-state index >= 15 is 0 Å². The van der Waals surface area contributed by atoms with E-state index in [4.69, 9.17) is 11.6 Å². The van der Waals surface area contributed by atoms with Crippen molar-refractivity contribution in [3.63, 3.8) is 0 Å². The molecule has 0 bridgehead atoms. The highest BCUT2D eigenvalue weighted by Crippen LogP contribution is 2.37. The van der Waals surface area contributed by atoms with Crippen LogP contribution in [0.25, 0.3) is 11.4 Å². The van der Waals surface area contributed by atoms with Gasteiger partial charge in [0, 0.05) is 16.9 Å². The van der Waals surface area contributed by atoms with Gasteiger partial charge in [0.2, 0.25) is 5.28 Å². The van der Waals surface area contributed by atoms with Gasteiger partial charge in [-0.25, -0.2) is 0 Å². The van der Waals surface area contributed by atoms with E-state index in [0.717, 1.165) is 29.5 Å². The van der Waals surface area contributed by atoms with Crippen LogP contribution in [0.2, 0.25) is 5.28 Å². The molecule has 1 aromatic heterocycles. The van der Waals surface area contributed by atoms with Gasteiger partial charge >= 0.3 is 0 Å². The van der Waals surface area contributed by atoms with Crippen LogP contribution in [0.1, 0.15) is 31.7 Å². The Morgan fingerprint density at radius 3 is 2.75 bits per heavy atom. The molecule has 5 heteroatoms. The van der Waals surface area contributed by atoms with Crippen LogP contribution in [0.5, 0.6) is 0 Å². The average molecular weight is 308 g/mol. The Morgan fingerprint density at radius 1 is 1.20 bits per heavy atom. The summed E-state index contributed by atoms with van der Waals surface area (Å²) in [6.45, 7) is 0. The normalized spacial score (nSPS) is 22.9.